The van der Waals surface area contributed by atoms with Gasteiger partial charge in [0.25, 0.3) is 0 Å². The Bertz CT molecular complexity index is 704. The van der Waals surface area contributed by atoms with Crippen LogP contribution in [0, 0.1) is 0 Å². The molecule has 0 aliphatic heterocycles. The van der Waals surface area contributed by atoms with E-state index < -0.39 is 26.5 Å². The van der Waals surface area contributed by atoms with Crippen molar-refractivity contribution in [3.8, 4) is 0 Å². The Morgan fingerprint density at radius 3 is 1.56 bits per heavy atom. The lowest BCUT2D eigenvalue weighted by molar-refractivity contribution is -0.153. The van der Waals surface area contributed by atoms with Crippen molar-refractivity contribution in [3.63, 3.8) is 0 Å². The van der Waals surface area contributed by atoms with Gasteiger partial charge in [0.15, 0.2) is 6.10 Å². The number of ether oxygens (including phenoxy) is 2. The molecule has 0 aromatic rings. The van der Waals surface area contributed by atoms with E-state index in [-0.39, 0.29) is 13.0 Å². The smallest absolute Gasteiger partial charge is 0.469 e. The number of rotatable bonds is 33. The van der Waals surface area contributed by atoms with Gasteiger partial charge in [-0.3, -0.25) is 9.32 Å². The zero-order chi connectivity index (χ0) is 31.7. The second-order valence-corrected chi connectivity index (χ2v) is 13.1. The summed E-state index contributed by atoms with van der Waals surface area (Å²) in [6.45, 7) is 4.05. The summed E-state index contributed by atoms with van der Waals surface area (Å²) in [6.07, 6.45) is 36.9. The molecule has 0 radical (unpaired) electrons. The molecule has 43 heavy (non-hydrogen) atoms. The number of hydrogen-bond acceptors (Lipinski definition) is 5. The summed E-state index contributed by atoms with van der Waals surface area (Å²) in [4.78, 5) is 30.3. The average molecular weight is 631 g/mol. The molecule has 8 heteroatoms. The minimum atomic E-state index is -4.66. The predicted octanol–water partition coefficient (Wildman–Crippen LogP) is 10.9. The van der Waals surface area contributed by atoms with Gasteiger partial charge in [-0.15, -0.1) is 0 Å². The first-order valence-electron chi connectivity index (χ1n) is 17.7. The van der Waals surface area contributed by atoms with Crippen molar-refractivity contribution in [2.75, 3.05) is 13.2 Å². The van der Waals surface area contributed by atoms with E-state index in [1.165, 1.54) is 109 Å². The molecule has 0 rings (SSSR count). The summed E-state index contributed by atoms with van der Waals surface area (Å²) in [7, 11) is -4.66. The Balaban J connectivity index is 3.89. The highest BCUT2D eigenvalue weighted by Gasteiger charge is 2.21. The summed E-state index contributed by atoms with van der Waals surface area (Å²) in [5, 5.41) is 0. The lowest BCUT2D eigenvalue weighted by Gasteiger charge is -2.18. The molecule has 0 aromatic heterocycles. The van der Waals surface area contributed by atoms with Crippen molar-refractivity contribution in [1.82, 2.24) is 0 Å². The molecule has 0 aromatic carbocycles. The van der Waals surface area contributed by atoms with Crippen molar-refractivity contribution < 1.29 is 33.1 Å². The normalized spacial score (nSPS) is 12.8. The van der Waals surface area contributed by atoms with E-state index in [0.717, 1.165) is 44.9 Å². The van der Waals surface area contributed by atoms with Crippen LogP contribution in [0.4, 0.5) is 0 Å². The number of carbonyl (C=O) groups is 1. The molecule has 0 unspecified atom stereocenters. The zero-order valence-electron chi connectivity index (χ0n) is 27.9. The molecule has 0 heterocycles. The van der Waals surface area contributed by atoms with Gasteiger partial charge >= 0.3 is 13.8 Å². The van der Waals surface area contributed by atoms with Gasteiger partial charge in [-0.1, -0.05) is 142 Å². The van der Waals surface area contributed by atoms with Crippen molar-refractivity contribution in [2.45, 2.75) is 180 Å². The highest BCUT2D eigenvalue weighted by Crippen LogP contribution is 2.35. The van der Waals surface area contributed by atoms with Crippen LogP contribution < -0.4 is 0 Å². The molecule has 254 valence electrons. The maximum Gasteiger partial charge on any atom is 0.469 e. The van der Waals surface area contributed by atoms with E-state index in [1.807, 2.05) is 6.08 Å². The Hall–Kier alpha value is -1.14. The molecule has 0 spiro atoms. The van der Waals surface area contributed by atoms with E-state index >= 15 is 0 Å². The lowest BCUT2D eigenvalue weighted by atomic mass is 10.0. The van der Waals surface area contributed by atoms with E-state index in [2.05, 4.69) is 30.5 Å². The van der Waals surface area contributed by atoms with Crippen LogP contribution >= 0.6 is 7.82 Å². The maximum atomic E-state index is 12.3. The summed E-state index contributed by atoms with van der Waals surface area (Å²) in [5.74, 6) is -0.395. The van der Waals surface area contributed by atoms with Crippen LogP contribution in [0.5, 0.6) is 0 Å². The minimum absolute atomic E-state index is 0.00719. The quantitative estimate of drug-likeness (QED) is 0.0244. The molecule has 0 saturated heterocycles. The highest BCUT2D eigenvalue weighted by molar-refractivity contribution is 7.46. The van der Waals surface area contributed by atoms with Crippen molar-refractivity contribution in [1.29, 1.82) is 0 Å². The molecule has 0 saturated carbocycles. The Kier molecular flexibility index (Phi) is 31.4. The average Bonchev–Trinajstić information content (AvgIpc) is 2.97. The Labute approximate surface area is 264 Å². The molecule has 0 aliphatic rings. The van der Waals surface area contributed by atoms with Crippen LogP contribution in [0.1, 0.15) is 174 Å². The highest BCUT2D eigenvalue weighted by atomic mass is 31.2. The number of allylic oxidation sites excluding steroid dienone is 3. The van der Waals surface area contributed by atoms with E-state index in [1.54, 1.807) is 6.26 Å². The first kappa shape index (κ1) is 41.9. The summed E-state index contributed by atoms with van der Waals surface area (Å²) in [6, 6.07) is 0. The third-order valence-electron chi connectivity index (χ3n) is 7.57. The number of unbranched alkanes of at least 4 members (excludes halogenated alkanes) is 21. The largest absolute Gasteiger partial charge is 0.498 e. The standard InChI is InChI=1S/C35H67O7P/c1-3-5-7-9-11-13-15-16-17-18-19-21-23-25-27-29-31-40-32-34(33-41-43(37,38)39)42-35(36)30-28-26-24-22-20-14-12-10-8-6-4-2/h10,12,29,31,34H,3-9,11,13-28,30,32-33H2,1-2H3,(H2,37,38,39)/b12-10-,31-29-/t34-/m1/s1. The third-order valence-corrected chi connectivity index (χ3v) is 8.05. The molecule has 0 aliphatic carbocycles. The van der Waals surface area contributed by atoms with Crippen LogP contribution in [0.3, 0.4) is 0 Å². The van der Waals surface area contributed by atoms with Crippen LogP contribution in [0.15, 0.2) is 24.5 Å². The first-order chi connectivity index (χ1) is 20.9. The first-order valence-corrected chi connectivity index (χ1v) is 19.2. The number of esters is 1. The topological polar surface area (TPSA) is 102 Å². The van der Waals surface area contributed by atoms with Gasteiger partial charge in [-0.25, -0.2) is 4.57 Å². The van der Waals surface area contributed by atoms with E-state index in [9.17, 15) is 9.36 Å². The van der Waals surface area contributed by atoms with Crippen LogP contribution in [-0.2, 0) is 23.4 Å². The fourth-order valence-electron chi connectivity index (χ4n) is 4.92. The summed E-state index contributed by atoms with van der Waals surface area (Å²) < 4.78 is 26.6. The lowest BCUT2D eigenvalue weighted by Crippen LogP contribution is -2.27. The number of carbonyl (C=O) groups excluding carboxylic acids is 1. The van der Waals surface area contributed by atoms with Gasteiger partial charge in [0.05, 0.1) is 12.9 Å². The minimum Gasteiger partial charge on any atom is -0.498 e. The van der Waals surface area contributed by atoms with Gasteiger partial charge in [0.2, 0.25) is 0 Å². The van der Waals surface area contributed by atoms with Gasteiger partial charge in [0.1, 0.15) is 6.61 Å². The molecule has 0 amide bonds. The monoisotopic (exact) mass is 630 g/mol. The molecule has 0 bridgehead atoms. The van der Waals surface area contributed by atoms with Crippen molar-refractivity contribution in [3.05, 3.63) is 24.5 Å². The zero-order valence-corrected chi connectivity index (χ0v) is 28.8. The van der Waals surface area contributed by atoms with Gasteiger partial charge in [0, 0.05) is 6.42 Å². The molecule has 2 N–H and O–H groups in total. The number of phosphoric ester groups is 1. The molecule has 0 fully saturated rings. The molecular weight excluding hydrogens is 563 g/mol. The Morgan fingerprint density at radius 1 is 0.605 bits per heavy atom. The van der Waals surface area contributed by atoms with Gasteiger partial charge < -0.3 is 19.3 Å². The van der Waals surface area contributed by atoms with E-state index in [4.69, 9.17) is 19.3 Å². The predicted molar refractivity (Wildman–Crippen MR) is 179 cm³/mol. The van der Waals surface area contributed by atoms with E-state index in [0.29, 0.717) is 0 Å². The molecule has 1 atom stereocenters. The van der Waals surface area contributed by atoms with Crippen molar-refractivity contribution in [2.24, 2.45) is 0 Å². The SMILES string of the molecule is CCCC/C=C\CCCCCCCC(=O)O[C@H](CO/C=C\CCCCCCCCCCCCCCCC)COP(=O)(O)O. The van der Waals surface area contributed by atoms with Gasteiger partial charge in [-0.05, 0) is 44.6 Å². The number of phosphoric acid groups is 1. The summed E-state index contributed by atoms with van der Waals surface area (Å²) >= 11 is 0. The fourth-order valence-corrected chi connectivity index (χ4v) is 5.28. The third kappa shape index (κ3) is 35.2. The molecule has 7 nitrogen and oxygen atoms in total. The molecular formula is C35H67O7P. The van der Waals surface area contributed by atoms with Crippen molar-refractivity contribution >= 4 is 13.8 Å². The second-order valence-electron chi connectivity index (χ2n) is 11.9. The van der Waals surface area contributed by atoms with Gasteiger partial charge in [-0.2, -0.15) is 0 Å². The maximum absolute atomic E-state index is 12.3. The Morgan fingerprint density at radius 2 is 1.05 bits per heavy atom. The van der Waals surface area contributed by atoms with Crippen LogP contribution in [0.25, 0.3) is 0 Å². The van der Waals surface area contributed by atoms with Crippen LogP contribution in [0.2, 0.25) is 0 Å². The van der Waals surface area contributed by atoms with Crippen LogP contribution in [-0.4, -0.2) is 35.1 Å². The fraction of sp³-hybridized carbons (Fsp3) is 0.857. The second kappa shape index (κ2) is 32.3. The number of hydrogen-bond donors (Lipinski definition) is 2. The summed E-state index contributed by atoms with van der Waals surface area (Å²) in [5.41, 5.74) is 0.